The fourth-order valence-electron chi connectivity index (χ4n) is 5.43. The molecule has 1 saturated heterocycles. The molecule has 1 unspecified atom stereocenters. The van der Waals surface area contributed by atoms with Crippen LogP contribution in [0, 0.1) is 6.92 Å². The minimum atomic E-state index is 0.0948. The molecule has 2 heterocycles. The summed E-state index contributed by atoms with van der Waals surface area (Å²) in [6, 6.07) is 12.6. The molecule has 0 bridgehead atoms. The number of carbonyl (C=O) groups excluding carboxylic acids is 1. The summed E-state index contributed by atoms with van der Waals surface area (Å²) in [4.78, 5) is 16.9. The molecule has 1 atom stereocenters. The number of hydrogen-bond acceptors (Lipinski definition) is 3. The third-order valence-corrected chi connectivity index (χ3v) is 8.07. The summed E-state index contributed by atoms with van der Waals surface area (Å²) in [5.41, 5.74) is 5.09. The SMILES string of the molecule is CNCC(CCN1CCC2(CC1)CN(C(C)=O)c1ccc(C)cc12)c1ccc(Cl)c(Cl)c1. The van der Waals surface area contributed by atoms with Crippen molar-refractivity contribution in [3.63, 3.8) is 0 Å². The van der Waals surface area contributed by atoms with E-state index in [9.17, 15) is 4.79 Å². The molecule has 1 fully saturated rings. The molecule has 1 N–H and O–H groups in total. The Kier molecular flexibility index (Phi) is 7.16. The number of amides is 1. The number of halogens is 2. The van der Waals surface area contributed by atoms with Gasteiger partial charge in [0.25, 0.3) is 0 Å². The smallest absolute Gasteiger partial charge is 0.223 e. The quantitative estimate of drug-likeness (QED) is 0.610. The molecule has 6 heteroatoms. The lowest BCUT2D eigenvalue weighted by Crippen LogP contribution is -2.46. The van der Waals surface area contributed by atoms with E-state index in [2.05, 4.69) is 41.4 Å². The number of likely N-dealkylation sites (N-methyl/N-ethyl adjacent to an activating group) is 1. The van der Waals surface area contributed by atoms with Gasteiger partial charge >= 0.3 is 0 Å². The Balaban J connectivity index is 1.42. The van der Waals surface area contributed by atoms with E-state index in [1.807, 2.05) is 24.1 Å². The molecule has 2 aromatic carbocycles. The zero-order chi connectivity index (χ0) is 22.9. The van der Waals surface area contributed by atoms with Gasteiger partial charge in [0.15, 0.2) is 0 Å². The number of piperidine rings is 1. The Morgan fingerprint density at radius 1 is 1.12 bits per heavy atom. The van der Waals surface area contributed by atoms with Crippen LogP contribution in [-0.4, -0.2) is 50.6 Å². The minimum Gasteiger partial charge on any atom is -0.319 e. The van der Waals surface area contributed by atoms with Gasteiger partial charge in [-0.15, -0.1) is 0 Å². The minimum absolute atomic E-state index is 0.0948. The summed E-state index contributed by atoms with van der Waals surface area (Å²) in [6.07, 6.45) is 3.26. The molecule has 4 rings (SSSR count). The van der Waals surface area contributed by atoms with Crippen LogP contribution in [-0.2, 0) is 10.2 Å². The van der Waals surface area contributed by atoms with Crippen molar-refractivity contribution in [2.45, 2.75) is 44.4 Å². The van der Waals surface area contributed by atoms with Crippen molar-refractivity contribution in [2.75, 3.05) is 44.7 Å². The van der Waals surface area contributed by atoms with Gasteiger partial charge in [0.1, 0.15) is 0 Å². The van der Waals surface area contributed by atoms with E-state index in [0.717, 1.165) is 57.7 Å². The number of aryl methyl sites for hydroxylation is 1. The lowest BCUT2D eigenvalue weighted by molar-refractivity contribution is -0.116. The first-order valence-electron chi connectivity index (χ1n) is 11.5. The standard InChI is InChI=1S/C26H33Cl2N3O/c1-18-4-7-25-22(14-18)26(17-31(25)19(2)32)9-12-30(13-10-26)11-8-21(16-29-3)20-5-6-23(27)24(28)15-20/h4-7,14-15,21,29H,8-13,16-17H2,1-3H3. The van der Waals surface area contributed by atoms with E-state index in [1.165, 1.54) is 16.7 Å². The van der Waals surface area contributed by atoms with Gasteiger partial charge in [0.2, 0.25) is 5.91 Å². The van der Waals surface area contributed by atoms with Crippen LogP contribution >= 0.6 is 23.2 Å². The second-order valence-corrected chi connectivity index (χ2v) is 10.3. The summed E-state index contributed by atoms with van der Waals surface area (Å²) < 4.78 is 0. The van der Waals surface area contributed by atoms with Crippen LogP contribution in [0.1, 0.15) is 48.8 Å². The van der Waals surface area contributed by atoms with Crippen LogP contribution in [0.4, 0.5) is 5.69 Å². The Morgan fingerprint density at radius 2 is 1.88 bits per heavy atom. The number of likely N-dealkylation sites (tertiary alicyclic amines) is 1. The largest absolute Gasteiger partial charge is 0.319 e. The molecular weight excluding hydrogens is 441 g/mol. The van der Waals surface area contributed by atoms with Crippen molar-refractivity contribution in [1.29, 1.82) is 0 Å². The summed E-state index contributed by atoms with van der Waals surface area (Å²) >= 11 is 12.4. The fourth-order valence-corrected chi connectivity index (χ4v) is 5.74. The number of nitrogens with one attached hydrogen (secondary N) is 1. The maximum atomic E-state index is 12.3. The Labute approximate surface area is 201 Å². The highest BCUT2D eigenvalue weighted by Gasteiger charge is 2.45. The predicted molar refractivity (Wildman–Crippen MR) is 134 cm³/mol. The fraction of sp³-hybridized carbons (Fsp3) is 0.500. The summed E-state index contributed by atoms with van der Waals surface area (Å²) in [6.45, 7) is 8.74. The highest BCUT2D eigenvalue weighted by molar-refractivity contribution is 6.42. The number of fused-ring (bicyclic) bond motifs is 2. The first kappa shape index (κ1) is 23.6. The van der Waals surface area contributed by atoms with E-state index in [-0.39, 0.29) is 11.3 Å². The average molecular weight is 474 g/mol. The topological polar surface area (TPSA) is 35.6 Å². The first-order chi connectivity index (χ1) is 15.3. The monoisotopic (exact) mass is 473 g/mol. The van der Waals surface area contributed by atoms with Crippen molar-refractivity contribution in [3.05, 3.63) is 63.1 Å². The number of anilines is 1. The molecule has 0 saturated carbocycles. The molecule has 2 aliphatic heterocycles. The van der Waals surface area contributed by atoms with E-state index >= 15 is 0 Å². The van der Waals surface area contributed by atoms with Crippen LogP contribution in [0.15, 0.2) is 36.4 Å². The lowest BCUT2D eigenvalue weighted by Gasteiger charge is -2.40. The molecule has 32 heavy (non-hydrogen) atoms. The number of rotatable bonds is 6. The lowest BCUT2D eigenvalue weighted by atomic mass is 9.74. The van der Waals surface area contributed by atoms with Crippen molar-refractivity contribution >= 4 is 34.8 Å². The number of benzene rings is 2. The molecule has 1 amide bonds. The molecule has 4 nitrogen and oxygen atoms in total. The number of carbonyl (C=O) groups is 1. The van der Waals surface area contributed by atoms with Gasteiger partial charge in [-0.2, -0.15) is 0 Å². The van der Waals surface area contributed by atoms with E-state index in [0.29, 0.717) is 16.0 Å². The maximum absolute atomic E-state index is 12.3. The van der Waals surface area contributed by atoms with Gasteiger partial charge in [0, 0.05) is 31.1 Å². The van der Waals surface area contributed by atoms with Crippen molar-refractivity contribution in [2.24, 2.45) is 0 Å². The zero-order valence-corrected chi connectivity index (χ0v) is 20.8. The normalized spacial score (nSPS) is 18.7. The number of nitrogens with zero attached hydrogens (tertiary/aromatic N) is 2. The molecule has 0 radical (unpaired) electrons. The van der Waals surface area contributed by atoms with Gasteiger partial charge in [-0.05, 0) is 88.1 Å². The highest BCUT2D eigenvalue weighted by atomic mass is 35.5. The summed E-state index contributed by atoms with van der Waals surface area (Å²) in [5.74, 6) is 0.541. The van der Waals surface area contributed by atoms with Gasteiger partial charge in [-0.25, -0.2) is 0 Å². The Hall–Kier alpha value is -1.59. The maximum Gasteiger partial charge on any atom is 0.223 e. The van der Waals surface area contributed by atoms with Crippen LogP contribution in [0.5, 0.6) is 0 Å². The molecule has 0 aromatic heterocycles. The van der Waals surface area contributed by atoms with Crippen molar-refractivity contribution < 1.29 is 4.79 Å². The molecular formula is C26H33Cl2N3O. The van der Waals surface area contributed by atoms with Gasteiger partial charge in [-0.1, -0.05) is 47.0 Å². The zero-order valence-electron chi connectivity index (χ0n) is 19.3. The van der Waals surface area contributed by atoms with E-state index in [4.69, 9.17) is 23.2 Å². The molecule has 0 aliphatic carbocycles. The highest BCUT2D eigenvalue weighted by Crippen LogP contribution is 2.47. The van der Waals surface area contributed by atoms with E-state index < -0.39 is 0 Å². The molecule has 1 spiro atoms. The van der Waals surface area contributed by atoms with Gasteiger partial charge in [0.05, 0.1) is 10.0 Å². The van der Waals surface area contributed by atoms with Crippen molar-refractivity contribution in [1.82, 2.24) is 10.2 Å². The predicted octanol–water partition coefficient (Wildman–Crippen LogP) is 5.40. The third kappa shape index (κ3) is 4.70. The van der Waals surface area contributed by atoms with Gasteiger partial charge < -0.3 is 15.1 Å². The Morgan fingerprint density at radius 3 is 2.53 bits per heavy atom. The van der Waals surface area contributed by atoms with Crippen molar-refractivity contribution in [3.8, 4) is 0 Å². The van der Waals surface area contributed by atoms with Crippen LogP contribution in [0.3, 0.4) is 0 Å². The first-order valence-corrected chi connectivity index (χ1v) is 12.3. The van der Waals surface area contributed by atoms with E-state index in [1.54, 1.807) is 6.92 Å². The average Bonchev–Trinajstić information content (AvgIpc) is 3.08. The summed E-state index contributed by atoms with van der Waals surface area (Å²) in [7, 11) is 2.00. The molecule has 2 aromatic rings. The third-order valence-electron chi connectivity index (χ3n) is 7.33. The van der Waals surface area contributed by atoms with Crippen LogP contribution < -0.4 is 10.2 Å². The molecule has 2 aliphatic rings. The second kappa shape index (κ2) is 9.72. The van der Waals surface area contributed by atoms with Crippen LogP contribution in [0.2, 0.25) is 10.0 Å². The number of hydrogen-bond donors (Lipinski definition) is 1. The van der Waals surface area contributed by atoms with Gasteiger partial charge in [-0.3, -0.25) is 4.79 Å². The molecule has 172 valence electrons. The van der Waals surface area contributed by atoms with Crippen LogP contribution in [0.25, 0.3) is 0 Å². The Bertz CT molecular complexity index is 985. The summed E-state index contributed by atoms with van der Waals surface area (Å²) in [5, 5.41) is 4.55. The second-order valence-electron chi connectivity index (χ2n) is 9.46.